The molecule has 0 saturated carbocycles. The van der Waals surface area contributed by atoms with E-state index in [1.165, 1.54) is 0 Å². The number of nitrogens with zero attached hydrogens (tertiary/aromatic N) is 5. The summed E-state index contributed by atoms with van der Waals surface area (Å²) < 4.78 is 1.88. The molecule has 3 heterocycles. The van der Waals surface area contributed by atoms with E-state index in [0.717, 1.165) is 10.7 Å². The molecular weight excluding hydrogens is 370 g/mol. The quantitative estimate of drug-likeness (QED) is 0.472. The number of hydrogen-bond donors (Lipinski definition) is 0. The summed E-state index contributed by atoms with van der Waals surface area (Å²) in [6, 6.07) is 7.25. The van der Waals surface area contributed by atoms with Gasteiger partial charge in [-0.3, -0.25) is 9.78 Å². The lowest BCUT2D eigenvalue weighted by Gasteiger charge is -2.11. The zero-order valence-electron chi connectivity index (χ0n) is 14.7. The maximum atomic E-state index is 12.5. The Morgan fingerprint density at radius 2 is 2.15 bits per heavy atom. The first-order valence-electron chi connectivity index (χ1n) is 8.06. The fraction of sp³-hybridized carbons (Fsp3) is 0.278. The lowest BCUT2D eigenvalue weighted by molar-refractivity contribution is 0.0987. The van der Waals surface area contributed by atoms with Crippen LogP contribution >= 0.6 is 23.4 Å². The first-order chi connectivity index (χ1) is 12.4. The van der Waals surface area contributed by atoms with Crippen molar-refractivity contribution in [1.82, 2.24) is 24.7 Å². The number of thioether (sulfide) groups is 1. The van der Waals surface area contributed by atoms with Gasteiger partial charge in [0.15, 0.2) is 10.9 Å². The molecule has 26 heavy (non-hydrogen) atoms. The van der Waals surface area contributed by atoms with Crippen LogP contribution in [0.25, 0.3) is 0 Å². The summed E-state index contributed by atoms with van der Waals surface area (Å²) >= 11 is 7.58. The van der Waals surface area contributed by atoms with Crippen molar-refractivity contribution < 1.29 is 4.79 Å². The minimum absolute atomic E-state index is 0.0805. The van der Waals surface area contributed by atoms with Gasteiger partial charge in [0.25, 0.3) is 0 Å². The molecule has 0 bridgehead atoms. The molecule has 0 aliphatic rings. The van der Waals surface area contributed by atoms with Gasteiger partial charge in [0.05, 0.1) is 17.1 Å². The van der Waals surface area contributed by atoms with Crippen molar-refractivity contribution in [2.75, 3.05) is 0 Å². The molecule has 0 radical (unpaired) electrons. The SMILES string of the molecule is Cc1nc(C(=O)Cc2cc([C@H](C)Sc3nncn3C)ccn2)ccc1Cl. The van der Waals surface area contributed by atoms with Crippen molar-refractivity contribution in [3.05, 3.63) is 64.5 Å². The number of Topliss-reactive ketones (excluding diaryl/α,β-unsaturated/α-hetero) is 1. The van der Waals surface area contributed by atoms with Gasteiger partial charge in [0, 0.05) is 24.2 Å². The number of aromatic nitrogens is 5. The predicted molar refractivity (Wildman–Crippen MR) is 102 cm³/mol. The van der Waals surface area contributed by atoms with Gasteiger partial charge in [-0.2, -0.15) is 0 Å². The average Bonchev–Trinajstić information content (AvgIpc) is 3.02. The normalized spacial score (nSPS) is 12.2. The number of ketones is 1. The number of pyridine rings is 2. The van der Waals surface area contributed by atoms with Gasteiger partial charge in [0.2, 0.25) is 0 Å². The number of carbonyl (C=O) groups excluding carboxylic acids is 1. The molecule has 0 N–H and O–H groups in total. The Bertz CT molecular complexity index is 943. The van der Waals surface area contributed by atoms with Crippen LogP contribution in [0.1, 0.15) is 39.6 Å². The van der Waals surface area contributed by atoms with Gasteiger partial charge in [-0.05, 0) is 43.7 Å². The van der Waals surface area contributed by atoms with Crippen molar-refractivity contribution in [3.8, 4) is 0 Å². The smallest absolute Gasteiger partial charge is 0.191 e. The van der Waals surface area contributed by atoms with E-state index in [1.54, 1.807) is 43.3 Å². The largest absolute Gasteiger partial charge is 0.312 e. The molecule has 3 rings (SSSR count). The molecule has 0 fully saturated rings. The van der Waals surface area contributed by atoms with E-state index in [4.69, 9.17) is 11.6 Å². The van der Waals surface area contributed by atoms with E-state index in [1.807, 2.05) is 23.7 Å². The Hall–Kier alpha value is -2.25. The highest BCUT2D eigenvalue weighted by atomic mass is 35.5. The minimum Gasteiger partial charge on any atom is -0.312 e. The van der Waals surface area contributed by atoms with Crippen LogP contribution in [-0.4, -0.2) is 30.5 Å². The molecule has 134 valence electrons. The first kappa shape index (κ1) is 18.5. The zero-order chi connectivity index (χ0) is 18.7. The molecule has 0 amide bonds. The monoisotopic (exact) mass is 387 g/mol. The van der Waals surface area contributed by atoms with Crippen LogP contribution < -0.4 is 0 Å². The molecule has 6 nitrogen and oxygen atoms in total. The molecule has 3 aromatic heterocycles. The Kier molecular flexibility index (Phi) is 5.68. The summed E-state index contributed by atoms with van der Waals surface area (Å²) in [5.41, 5.74) is 2.84. The second-order valence-electron chi connectivity index (χ2n) is 5.93. The molecule has 0 aliphatic heterocycles. The van der Waals surface area contributed by atoms with Gasteiger partial charge in [0.1, 0.15) is 12.0 Å². The van der Waals surface area contributed by atoms with Crippen molar-refractivity contribution >= 4 is 29.1 Å². The summed E-state index contributed by atoms with van der Waals surface area (Å²) in [6.45, 7) is 3.87. The van der Waals surface area contributed by atoms with Gasteiger partial charge < -0.3 is 4.57 Å². The zero-order valence-corrected chi connectivity index (χ0v) is 16.3. The van der Waals surface area contributed by atoms with Crippen LogP contribution in [0.15, 0.2) is 41.9 Å². The Labute approximate surface area is 161 Å². The second kappa shape index (κ2) is 7.97. The van der Waals surface area contributed by atoms with E-state index in [9.17, 15) is 4.79 Å². The molecular formula is C18H18ClN5OS. The predicted octanol–water partition coefficient (Wildman–Crippen LogP) is 3.85. The van der Waals surface area contributed by atoms with E-state index in [-0.39, 0.29) is 17.5 Å². The third kappa shape index (κ3) is 4.28. The molecule has 0 saturated heterocycles. The third-order valence-electron chi connectivity index (χ3n) is 3.91. The molecule has 0 aliphatic carbocycles. The first-order valence-corrected chi connectivity index (χ1v) is 9.31. The topological polar surface area (TPSA) is 73.6 Å². The maximum absolute atomic E-state index is 12.5. The number of hydrogen-bond acceptors (Lipinski definition) is 6. The fourth-order valence-corrected chi connectivity index (χ4v) is 3.42. The Morgan fingerprint density at radius 3 is 2.85 bits per heavy atom. The molecule has 0 unspecified atom stereocenters. The lowest BCUT2D eigenvalue weighted by Crippen LogP contribution is -2.08. The van der Waals surface area contributed by atoms with Crippen molar-refractivity contribution in [3.63, 3.8) is 0 Å². The van der Waals surface area contributed by atoms with Gasteiger partial charge in [-0.1, -0.05) is 23.4 Å². The van der Waals surface area contributed by atoms with Crippen molar-refractivity contribution in [2.45, 2.75) is 30.7 Å². The van der Waals surface area contributed by atoms with Crippen molar-refractivity contribution in [2.24, 2.45) is 7.05 Å². The highest BCUT2D eigenvalue weighted by Crippen LogP contribution is 2.33. The lowest BCUT2D eigenvalue weighted by atomic mass is 10.1. The molecule has 1 atom stereocenters. The number of halogens is 1. The highest BCUT2D eigenvalue weighted by molar-refractivity contribution is 7.99. The van der Waals surface area contributed by atoms with E-state index in [0.29, 0.717) is 22.1 Å². The molecule has 0 spiro atoms. The fourth-order valence-electron chi connectivity index (χ4n) is 2.41. The Morgan fingerprint density at radius 1 is 1.35 bits per heavy atom. The molecule has 0 aromatic carbocycles. The van der Waals surface area contributed by atoms with Crippen LogP contribution in [0.2, 0.25) is 5.02 Å². The molecule has 8 heteroatoms. The van der Waals surface area contributed by atoms with Gasteiger partial charge in [-0.25, -0.2) is 4.98 Å². The van der Waals surface area contributed by atoms with Crippen LogP contribution in [0.5, 0.6) is 0 Å². The second-order valence-corrected chi connectivity index (χ2v) is 7.64. The average molecular weight is 388 g/mol. The standard InChI is InChI=1S/C18H18ClN5OS/c1-11-15(19)4-5-16(22-11)17(25)9-14-8-13(6-7-20-14)12(2)26-18-23-21-10-24(18)3/h4-8,10,12H,9H2,1-3H3/t12-/m0/s1. The highest BCUT2D eigenvalue weighted by Gasteiger charge is 2.15. The van der Waals surface area contributed by atoms with Gasteiger partial charge in [-0.15, -0.1) is 10.2 Å². The summed E-state index contributed by atoms with van der Waals surface area (Å²) in [6.07, 6.45) is 3.60. The maximum Gasteiger partial charge on any atom is 0.191 e. The van der Waals surface area contributed by atoms with Crippen LogP contribution in [0.4, 0.5) is 0 Å². The van der Waals surface area contributed by atoms with Crippen LogP contribution in [0, 0.1) is 6.92 Å². The minimum atomic E-state index is -0.0805. The third-order valence-corrected chi connectivity index (χ3v) is 5.52. The Balaban J connectivity index is 1.73. The number of aryl methyl sites for hydroxylation is 2. The summed E-state index contributed by atoms with van der Waals surface area (Å²) in [5.74, 6) is -0.0805. The molecule has 3 aromatic rings. The number of carbonyl (C=O) groups is 1. The van der Waals surface area contributed by atoms with Crippen molar-refractivity contribution in [1.29, 1.82) is 0 Å². The summed E-state index contributed by atoms with van der Waals surface area (Å²) in [4.78, 5) is 21.1. The van der Waals surface area contributed by atoms with E-state index in [2.05, 4.69) is 27.1 Å². The van der Waals surface area contributed by atoms with Crippen LogP contribution in [0.3, 0.4) is 0 Å². The van der Waals surface area contributed by atoms with Gasteiger partial charge >= 0.3 is 0 Å². The number of rotatable bonds is 6. The van der Waals surface area contributed by atoms with Crippen LogP contribution in [-0.2, 0) is 13.5 Å². The van der Waals surface area contributed by atoms with E-state index < -0.39 is 0 Å². The summed E-state index contributed by atoms with van der Waals surface area (Å²) in [5, 5.41) is 9.54. The summed E-state index contributed by atoms with van der Waals surface area (Å²) in [7, 11) is 1.91. The van der Waals surface area contributed by atoms with E-state index >= 15 is 0 Å².